The summed E-state index contributed by atoms with van der Waals surface area (Å²) in [6, 6.07) is 0. The molecule has 0 aromatic heterocycles. The van der Waals surface area contributed by atoms with Crippen LogP contribution in [0.4, 0.5) is 4.39 Å². The highest BCUT2D eigenvalue weighted by molar-refractivity contribution is 6.11. The van der Waals surface area contributed by atoms with E-state index in [0.717, 1.165) is 12.8 Å². The smallest absolute Gasteiger partial charge is 0.187 e. The summed E-state index contributed by atoms with van der Waals surface area (Å²) in [6.45, 7) is 7.31. The highest BCUT2D eigenvalue weighted by Crippen LogP contribution is 2.35. The van der Waals surface area contributed by atoms with Gasteiger partial charge in [-0.3, -0.25) is 4.79 Å². The maximum atomic E-state index is 13.4. The number of hydrogen-bond donors (Lipinski definition) is 0. The first-order chi connectivity index (χ1) is 6.09. The Morgan fingerprint density at radius 1 is 1.54 bits per heavy atom. The summed E-state index contributed by atoms with van der Waals surface area (Å²) in [7, 11) is 0. The van der Waals surface area contributed by atoms with Gasteiger partial charge in [-0.05, 0) is 12.8 Å². The summed E-state index contributed by atoms with van der Waals surface area (Å²) in [5, 5.41) is 0. The van der Waals surface area contributed by atoms with Crippen LogP contribution in [-0.2, 0) is 4.79 Å². The minimum atomic E-state index is -0.389. The molecule has 0 saturated heterocycles. The van der Waals surface area contributed by atoms with Crippen molar-refractivity contribution in [3.8, 4) is 0 Å². The van der Waals surface area contributed by atoms with Gasteiger partial charge in [0.05, 0.1) is 0 Å². The molecular weight excluding hydrogens is 167 g/mol. The van der Waals surface area contributed by atoms with Crippen molar-refractivity contribution in [2.24, 2.45) is 5.92 Å². The molecule has 1 aliphatic rings. The molecule has 0 aromatic carbocycles. The van der Waals surface area contributed by atoms with Gasteiger partial charge in [0.1, 0.15) is 5.83 Å². The molecule has 0 amide bonds. The molecule has 2 heteroatoms. The third-order valence-electron chi connectivity index (χ3n) is 2.54. The van der Waals surface area contributed by atoms with Crippen molar-refractivity contribution in [3.63, 3.8) is 0 Å². The van der Waals surface area contributed by atoms with Gasteiger partial charge in [-0.25, -0.2) is 4.39 Å². The van der Waals surface area contributed by atoms with E-state index in [9.17, 15) is 9.18 Å². The summed E-state index contributed by atoms with van der Waals surface area (Å²) in [4.78, 5) is 11.4. The predicted octanol–water partition coefficient (Wildman–Crippen LogP) is 3.18. The van der Waals surface area contributed by atoms with Crippen LogP contribution < -0.4 is 0 Å². The average molecular weight is 182 g/mol. The van der Waals surface area contributed by atoms with Gasteiger partial charge < -0.3 is 0 Å². The molecule has 0 heterocycles. The number of unbranched alkanes of at least 4 members (excludes halogenated alkanes) is 1. The Hall–Kier alpha value is -0.920. The van der Waals surface area contributed by atoms with Crippen LogP contribution in [0.2, 0.25) is 0 Å². The zero-order valence-corrected chi connectivity index (χ0v) is 8.19. The molecule has 1 nitrogen and oxygen atoms in total. The Morgan fingerprint density at radius 2 is 2.15 bits per heavy atom. The summed E-state index contributed by atoms with van der Waals surface area (Å²) < 4.78 is 13.4. The molecule has 0 fully saturated rings. The number of carbonyl (C=O) groups excluding carboxylic acids is 1. The maximum Gasteiger partial charge on any atom is 0.187 e. The minimum absolute atomic E-state index is 0.168. The number of hydrogen-bond acceptors (Lipinski definition) is 1. The second kappa shape index (κ2) is 3.86. The first-order valence-electron chi connectivity index (χ1n) is 4.71. The first kappa shape index (κ1) is 10.2. The summed E-state index contributed by atoms with van der Waals surface area (Å²) in [6.07, 6.45) is 2.41. The van der Waals surface area contributed by atoms with E-state index in [2.05, 4.69) is 6.58 Å². The highest BCUT2D eigenvalue weighted by Gasteiger charge is 2.32. The molecule has 0 N–H and O–H groups in total. The number of ketones is 1. The number of halogens is 1. The van der Waals surface area contributed by atoms with Gasteiger partial charge in [0, 0.05) is 17.1 Å². The minimum Gasteiger partial charge on any atom is -0.289 e. The quantitative estimate of drug-likeness (QED) is 0.613. The molecule has 0 bridgehead atoms. The van der Waals surface area contributed by atoms with Gasteiger partial charge in [-0.15, -0.1) is 0 Å². The monoisotopic (exact) mass is 182 g/mol. The van der Waals surface area contributed by atoms with Crippen molar-refractivity contribution in [2.75, 3.05) is 0 Å². The number of Topliss-reactive ketones (excluding diaryl/α,β-unsaturated/α-hetero) is 1. The van der Waals surface area contributed by atoms with Gasteiger partial charge >= 0.3 is 0 Å². The van der Waals surface area contributed by atoms with E-state index in [1.807, 2.05) is 6.92 Å². The topological polar surface area (TPSA) is 17.1 Å². The fourth-order valence-electron chi connectivity index (χ4n) is 1.50. The van der Waals surface area contributed by atoms with E-state index < -0.39 is 0 Å². The third kappa shape index (κ3) is 1.71. The lowest BCUT2D eigenvalue weighted by molar-refractivity contribution is -0.112. The van der Waals surface area contributed by atoms with Gasteiger partial charge in [0.15, 0.2) is 5.78 Å². The fourth-order valence-corrected chi connectivity index (χ4v) is 1.50. The van der Waals surface area contributed by atoms with Crippen molar-refractivity contribution in [1.82, 2.24) is 0 Å². The Labute approximate surface area is 78.3 Å². The molecule has 0 aromatic rings. The van der Waals surface area contributed by atoms with Crippen molar-refractivity contribution in [3.05, 3.63) is 23.6 Å². The second-order valence-corrected chi connectivity index (χ2v) is 3.51. The molecule has 1 unspecified atom stereocenters. The number of carbonyl (C=O) groups is 1. The zero-order valence-electron chi connectivity index (χ0n) is 8.19. The summed E-state index contributed by atoms with van der Waals surface area (Å²) in [5.41, 5.74) is 0.767. The van der Waals surface area contributed by atoms with Crippen LogP contribution in [0, 0.1) is 5.92 Å². The van der Waals surface area contributed by atoms with Crippen LogP contribution in [0.25, 0.3) is 0 Å². The lowest BCUT2D eigenvalue weighted by atomic mass is 10.0. The van der Waals surface area contributed by atoms with Crippen LogP contribution >= 0.6 is 0 Å². The molecule has 1 rings (SSSR count). The molecule has 0 radical (unpaired) electrons. The van der Waals surface area contributed by atoms with Gasteiger partial charge in [0.2, 0.25) is 0 Å². The number of allylic oxidation sites excluding steroid dienone is 3. The predicted molar refractivity (Wildman–Crippen MR) is 51.0 cm³/mol. The van der Waals surface area contributed by atoms with E-state index in [-0.39, 0.29) is 17.5 Å². The van der Waals surface area contributed by atoms with Crippen LogP contribution in [0.1, 0.15) is 33.1 Å². The van der Waals surface area contributed by atoms with Gasteiger partial charge in [-0.2, -0.15) is 0 Å². The Bertz CT molecular complexity index is 276. The van der Waals surface area contributed by atoms with Gasteiger partial charge in [0.25, 0.3) is 0 Å². The zero-order chi connectivity index (χ0) is 10.0. The molecule has 1 atom stereocenters. The normalized spacial score (nSPS) is 23.2. The molecule has 0 spiro atoms. The van der Waals surface area contributed by atoms with Crippen molar-refractivity contribution in [2.45, 2.75) is 33.1 Å². The maximum absolute atomic E-state index is 13.4. The molecule has 1 aliphatic carbocycles. The van der Waals surface area contributed by atoms with E-state index in [1.165, 1.54) is 0 Å². The van der Waals surface area contributed by atoms with E-state index in [1.54, 1.807) is 6.92 Å². The molecule has 0 aliphatic heterocycles. The van der Waals surface area contributed by atoms with E-state index >= 15 is 0 Å². The Balaban J connectivity index is 2.81. The van der Waals surface area contributed by atoms with Crippen LogP contribution in [0.5, 0.6) is 0 Å². The van der Waals surface area contributed by atoms with Crippen molar-refractivity contribution in [1.29, 1.82) is 0 Å². The summed E-state index contributed by atoms with van der Waals surface area (Å²) >= 11 is 0. The van der Waals surface area contributed by atoms with Crippen LogP contribution in [0.3, 0.4) is 0 Å². The molecule has 0 saturated carbocycles. The summed E-state index contributed by atoms with van der Waals surface area (Å²) in [5.74, 6) is -0.818. The highest BCUT2D eigenvalue weighted by atomic mass is 19.1. The van der Waals surface area contributed by atoms with E-state index in [0.29, 0.717) is 17.6 Å². The lowest BCUT2D eigenvalue weighted by Gasteiger charge is -1.98. The molecule has 13 heavy (non-hydrogen) atoms. The first-order valence-corrected chi connectivity index (χ1v) is 4.71. The van der Waals surface area contributed by atoms with E-state index in [4.69, 9.17) is 0 Å². The second-order valence-electron chi connectivity index (χ2n) is 3.51. The third-order valence-corrected chi connectivity index (χ3v) is 2.54. The molecular formula is C11H15FO. The molecule has 72 valence electrons. The Morgan fingerprint density at radius 3 is 2.54 bits per heavy atom. The fraction of sp³-hybridized carbons (Fsp3) is 0.545. The van der Waals surface area contributed by atoms with Gasteiger partial charge in [-0.1, -0.05) is 26.8 Å². The SMILES string of the molecule is C=C1C(=O)C(CCCC)=C(F)C1C. The van der Waals surface area contributed by atoms with Crippen molar-refractivity contribution >= 4 is 5.78 Å². The van der Waals surface area contributed by atoms with Crippen LogP contribution in [-0.4, -0.2) is 5.78 Å². The van der Waals surface area contributed by atoms with Crippen LogP contribution in [0.15, 0.2) is 23.6 Å². The average Bonchev–Trinajstić information content (AvgIpc) is 2.30. The standard InChI is InChI=1S/C11H15FO/c1-4-5-6-9-10(12)7(2)8(3)11(9)13/h7H,3-6H2,1-2H3. The largest absolute Gasteiger partial charge is 0.289 e. The van der Waals surface area contributed by atoms with Crippen molar-refractivity contribution < 1.29 is 9.18 Å². The lowest BCUT2D eigenvalue weighted by Crippen LogP contribution is -2.00. The Kier molecular flexibility index (Phi) is 3.02. The number of rotatable bonds is 3.